The van der Waals surface area contributed by atoms with Gasteiger partial charge in [0.2, 0.25) is 0 Å². The lowest BCUT2D eigenvalue weighted by Crippen LogP contribution is -2.25. The molecule has 138 valence electrons. The van der Waals surface area contributed by atoms with Crippen molar-refractivity contribution >= 4 is 17.4 Å². The van der Waals surface area contributed by atoms with E-state index in [4.69, 9.17) is 0 Å². The molecule has 1 aliphatic heterocycles. The lowest BCUT2D eigenvalue weighted by atomic mass is 10.2. The highest BCUT2D eigenvalue weighted by molar-refractivity contribution is 6.04. The predicted octanol–water partition coefficient (Wildman–Crippen LogP) is 4.73. The molecule has 4 nitrogen and oxygen atoms in total. The molecular weight excluding hydrogens is 343 g/mol. The number of amides is 1. The van der Waals surface area contributed by atoms with Gasteiger partial charge >= 0.3 is 6.18 Å². The lowest BCUT2D eigenvalue weighted by Gasteiger charge is -2.21. The average Bonchev–Trinajstić information content (AvgIpc) is 2.91. The molecule has 26 heavy (non-hydrogen) atoms. The van der Waals surface area contributed by atoms with Crippen LogP contribution in [0.3, 0.4) is 0 Å². The first-order valence-corrected chi connectivity index (χ1v) is 8.63. The van der Waals surface area contributed by atoms with E-state index in [9.17, 15) is 18.0 Å². The average molecular weight is 363 g/mol. The largest absolute Gasteiger partial charge is 0.416 e. The number of hydrogen-bond donors (Lipinski definition) is 1. The van der Waals surface area contributed by atoms with Gasteiger partial charge in [0.15, 0.2) is 0 Å². The van der Waals surface area contributed by atoms with Crippen LogP contribution in [0.15, 0.2) is 42.6 Å². The van der Waals surface area contributed by atoms with Gasteiger partial charge in [-0.05, 0) is 49.2 Å². The SMILES string of the molecule is O=C(Nc1ccc(C(F)(F)F)cc1)c1ccc(N2CCCCCC2)nc1. The summed E-state index contributed by atoms with van der Waals surface area (Å²) < 4.78 is 37.7. The van der Waals surface area contributed by atoms with Crippen LogP contribution in [-0.4, -0.2) is 24.0 Å². The van der Waals surface area contributed by atoms with Gasteiger partial charge in [0.1, 0.15) is 5.82 Å². The van der Waals surface area contributed by atoms with Crippen molar-refractivity contribution in [2.75, 3.05) is 23.3 Å². The fourth-order valence-corrected chi connectivity index (χ4v) is 2.95. The number of anilines is 2. The van der Waals surface area contributed by atoms with Gasteiger partial charge in [-0.1, -0.05) is 12.8 Å². The number of benzene rings is 1. The number of hydrogen-bond acceptors (Lipinski definition) is 3. The second kappa shape index (κ2) is 7.76. The summed E-state index contributed by atoms with van der Waals surface area (Å²) >= 11 is 0. The van der Waals surface area contributed by atoms with Crippen LogP contribution in [0.4, 0.5) is 24.7 Å². The second-order valence-electron chi connectivity index (χ2n) is 6.34. The highest BCUT2D eigenvalue weighted by Crippen LogP contribution is 2.29. The fourth-order valence-electron chi connectivity index (χ4n) is 2.95. The van der Waals surface area contributed by atoms with Crippen molar-refractivity contribution in [3.8, 4) is 0 Å². The zero-order chi connectivity index (χ0) is 18.6. The molecule has 1 fully saturated rings. The molecule has 1 saturated heterocycles. The van der Waals surface area contributed by atoms with Crippen molar-refractivity contribution in [3.05, 3.63) is 53.7 Å². The zero-order valence-corrected chi connectivity index (χ0v) is 14.2. The predicted molar refractivity (Wildman–Crippen MR) is 94.3 cm³/mol. The first-order valence-electron chi connectivity index (χ1n) is 8.63. The molecular formula is C19H20F3N3O. The van der Waals surface area contributed by atoms with Crippen LogP contribution >= 0.6 is 0 Å². The second-order valence-corrected chi connectivity index (χ2v) is 6.34. The summed E-state index contributed by atoms with van der Waals surface area (Å²) in [6.45, 7) is 1.92. The number of carbonyl (C=O) groups excluding carboxylic acids is 1. The van der Waals surface area contributed by atoms with Crippen LogP contribution in [-0.2, 0) is 6.18 Å². The molecule has 2 heterocycles. The number of halogens is 3. The minimum atomic E-state index is -4.39. The van der Waals surface area contributed by atoms with Crippen molar-refractivity contribution in [1.29, 1.82) is 0 Å². The van der Waals surface area contributed by atoms with E-state index in [2.05, 4.69) is 15.2 Å². The Morgan fingerprint density at radius 3 is 2.15 bits per heavy atom. The number of aromatic nitrogens is 1. The molecule has 1 N–H and O–H groups in total. The maximum Gasteiger partial charge on any atom is 0.416 e. The summed E-state index contributed by atoms with van der Waals surface area (Å²) in [7, 11) is 0. The van der Waals surface area contributed by atoms with E-state index in [-0.39, 0.29) is 0 Å². The van der Waals surface area contributed by atoms with Gasteiger partial charge in [-0.15, -0.1) is 0 Å². The normalized spacial score (nSPS) is 15.4. The number of rotatable bonds is 3. The van der Waals surface area contributed by atoms with E-state index in [1.165, 1.54) is 31.2 Å². The van der Waals surface area contributed by atoms with Gasteiger partial charge in [-0.25, -0.2) is 4.98 Å². The molecule has 2 aromatic rings. The molecule has 3 rings (SSSR count). The van der Waals surface area contributed by atoms with Crippen molar-refractivity contribution in [1.82, 2.24) is 4.98 Å². The first kappa shape index (κ1) is 18.2. The Morgan fingerprint density at radius 1 is 0.962 bits per heavy atom. The molecule has 0 radical (unpaired) electrons. The Hall–Kier alpha value is -2.57. The van der Waals surface area contributed by atoms with Crippen LogP contribution in [0, 0.1) is 0 Å². The van der Waals surface area contributed by atoms with Crippen LogP contribution in [0.25, 0.3) is 0 Å². The summed E-state index contributed by atoms with van der Waals surface area (Å²) in [5, 5.41) is 2.59. The fraction of sp³-hybridized carbons (Fsp3) is 0.368. The van der Waals surface area contributed by atoms with E-state index in [1.54, 1.807) is 6.07 Å². The standard InChI is InChI=1S/C19H20F3N3O/c20-19(21,22)15-6-8-16(9-7-15)24-18(26)14-5-10-17(23-13-14)25-11-3-1-2-4-12-25/h5-10,13H,1-4,11-12H2,(H,24,26). The molecule has 1 aliphatic rings. The van der Waals surface area contributed by atoms with Crippen molar-refractivity contribution in [2.45, 2.75) is 31.9 Å². The van der Waals surface area contributed by atoms with E-state index in [0.29, 0.717) is 11.3 Å². The van der Waals surface area contributed by atoms with Crippen LogP contribution in [0.2, 0.25) is 0 Å². The Bertz CT molecular complexity index is 734. The third-order valence-electron chi connectivity index (χ3n) is 4.41. The molecule has 1 aromatic carbocycles. The van der Waals surface area contributed by atoms with Gasteiger partial charge in [0, 0.05) is 25.0 Å². The minimum Gasteiger partial charge on any atom is -0.357 e. The number of alkyl halides is 3. The maximum atomic E-state index is 12.6. The third kappa shape index (κ3) is 4.53. The summed E-state index contributed by atoms with van der Waals surface area (Å²) in [4.78, 5) is 18.8. The summed E-state index contributed by atoms with van der Waals surface area (Å²) in [6.07, 6.45) is 1.83. The van der Waals surface area contributed by atoms with E-state index >= 15 is 0 Å². The maximum absolute atomic E-state index is 12.6. The summed E-state index contributed by atoms with van der Waals surface area (Å²) in [5.74, 6) is 0.442. The molecule has 0 saturated carbocycles. The summed E-state index contributed by atoms with van der Waals surface area (Å²) in [6, 6.07) is 7.85. The minimum absolute atomic E-state index is 0.305. The third-order valence-corrected chi connectivity index (χ3v) is 4.41. The molecule has 0 spiro atoms. The molecule has 0 atom stereocenters. The van der Waals surface area contributed by atoms with Gasteiger partial charge in [-0.2, -0.15) is 13.2 Å². The van der Waals surface area contributed by atoms with Gasteiger partial charge in [-0.3, -0.25) is 4.79 Å². The van der Waals surface area contributed by atoms with Crippen LogP contribution in [0.5, 0.6) is 0 Å². The number of carbonyl (C=O) groups is 1. The van der Waals surface area contributed by atoms with Crippen molar-refractivity contribution in [2.24, 2.45) is 0 Å². The quantitative estimate of drug-likeness (QED) is 0.857. The molecule has 1 amide bonds. The Labute approximate surface area is 150 Å². The zero-order valence-electron chi connectivity index (χ0n) is 14.2. The Balaban J connectivity index is 1.64. The lowest BCUT2D eigenvalue weighted by molar-refractivity contribution is -0.137. The Kier molecular flexibility index (Phi) is 5.44. The van der Waals surface area contributed by atoms with Gasteiger partial charge < -0.3 is 10.2 Å². The van der Waals surface area contributed by atoms with E-state index in [1.807, 2.05) is 6.07 Å². The van der Waals surface area contributed by atoms with Gasteiger partial charge in [0.05, 0.1) is 11.1 Å². The van der Waals surface area contributed by atoms with Crippen molar-refractivity contribution < 1.29 is 18.0 Å². The topological polar surface area (TPSA) is 45.2 Å². The number of pyridine rings is 1. The van der Waals surface area contributed by atoms with E-state index < -0.39 is 17.6 Å². The highest BCUT2D eigenvalue weighted by atomic mass is 19.4. The molecule has 0 bridgehead atoms. The molecule has 7 heteroatoms. The van der Waals surface area contributed by atoms with Gasteiger partial charge in [0.25, 0.3) is 5.91 Å². The van der Waals surface area contributed by atoms with Crippen molar-refractivity contribution in [3.63, 3.8) is 0 Å². The first-order chi connectivity index (χ1) is 12.4. The summed E-state index contributed by atoms with van der Waals surface area (Å²) in [5.41, 5.74) is -0.0815. The Morgan fingerprint density at radius 2 is 1.62 bits per heavy atom. The molecule has 0 unspecified atom stereocenters. The smallest absolute Gasteiger partial charge is 0.357 e. The monoisotopic (exact) mass is 363 g/mol. The number of nitrogens with zero attached hydrogens (tertiary/aromatic N) is 2. The van der Waals surface area contributed by atoms with Crippen LogP contribution in [0.1, 0.15) is 41.6 Å². The van der Waals surface area contributed by atoms with Crippen LogP contribution < -0.4 is 10.2 Å². The highest BCUT2D eigenvalue weighted by Gasteiger charge is 2.30. The number of nitrogens with one attached hydrogen (secondary N) is 1. The molecule has 0 aliphatic carbocycles. The molecule has 1 aromatic heterocycles. The van der Waals surface area contributed by atoms with E-state index in [0.717, 1.165) is 43.9 Å².